The minimum Gasteiger partial charge on any atom is -0.444 e. The number of rotatable bonds is 5. The molecule has 146 valence electrons. The van der Waals surface area contributed by atoms with E-state index in [-0.39, 0.29) is 36.7 Å². The van der Waals surface area contributed by atoms with Crippen molar-refractivity contribution in [2.24, 2.45) is 4.99 Å². The number of nitrogens with zero attached hydrogens (tertiary/aromatic N) is 3. The van der Waals surface area contributed by atoms with Crippen LogP contribution in [-0.4, -0.2) is 43.3 Å². The number of ketones is 1. The van der Waals surface area contributed by atoms with Crippen LogP contribution in [-0.2, 0) is 9.53 Å². The highest BCUT2D eigenvalue weighted by atomic mass is 19.2. The van der Waals surface area contributed by atoms with Crippen LogP contribution in [0.5, 0.6) is 0 Å². The summed E-state index contributed by atoms with van der Waals surface area (Å²) in [6.45, 7) is 1.10. The molecule has 0 bridgehead atoms. The van der Waals surface area contributed by atoms with E-state index in [1.165, 1.54) is 29.3 Å². The highest BCUT2D eigenvalue weighted by Gasteiger charge is 2.35. The summed E-state index contributed by atoms with van der Waals surface area (Å²) in [6, 6.07) is 2.78. The Hall–Kier alpha value is -3.03. The van der Waals surface area contributed by atoms with Gasteiger partial charge in [-0.05, 0) is 37.1 Å². The normalized spacial score (nSPS) is 21.5. The molecule has 0 aliphatic carbocycles. The van der Waals surface area contributed by atoms with Crippen LogP contribution >= 0.6 is 0 Å². The summed E-state index contributed by atoms with van der Waals surface area (Å²) in [4.78, 5) is 30.3. The molecule has 3 aliphatic heterocycles. The number of allylic oxidation sites excluding steroid dienone is 2. The molecular weight excluding hydrogens is 368 g/mol. The fourth-order valence-electron chi connectivity index (χ4n) is 3.47. The Labute approximate surface area is 160 Å². The predicted molar refractivity (Wildman–Crippen MR) is 101 cm³/mol. The molecule has 0 saturated carbocycles. The SMILES string of the molecule is O=C1C=CN(c2ccc(N3C[C@H](CCC4=NCC=C4)OC3=O)c(F)c2F)CC1. The molecule has 28 heavy (non-hydrogen) atoms. The molecule has 0 unspecified atom stereocenters. The number of amides is 1. The number of halogens is 2. The van der Waals surface area contributed by atoms with Gasteiger partial charge in [-0.2, -0.15) is 0 Å². The Balaban J connectivity index is 1.48. The maximum absolute atomic E-state index is 14.7. The average molecular weight is 387 g/mol. The second-order valence-electron chi connectivity index (χ2n) is 6.85. The molecule has 1 saturated heterocycles. The maximum atomic E-state index is 14.7. The van der Waals surface area contributed by atoms with E-state index in [4.69, 9.17) is 4.74 Å². The van der Waals surface area contributed by atoms with Crippen molar-refractivity contribution in [3.8, 4) is 0 Å². The Bertz CT molecular complexity index is 910. The molecule has 8 heteroatoms. The number of carbonyl (C=O) groups is 2. The van der Waals surface area contributed by atoms with E-state index in [0.29, 0.717) is 19.4 Å². The third-order valence-corrected chi connectivity index (χ3v) is 4.99. The first kappa shape index (κ1) is 18.3. The molecule has 0 radical (unpaired) electrons. The van der Waals surface area contributed by atoms with Gasteiger partial charge in [0.1, 0.15) is 6.10 Å². The van der Waals surface area contributed by atoms with Crippen molar-refractivity contribution in [3.63, 3.8) is 0 Å². The predicted octanol–water partition coefficient (Wildman–Crippen LogP) is 3.37. The van der Waals surface area contributed by atoms with Gasteiger partial charge in [-0.1, -0.05) is 6.08 Å². The molecule has 3 aliphatic rings. The van der Waals surface area contributed by atoms with Crippen LogP contribution < -0.4 is 9.80 Å². The Morgan fingerprint density at radius 2 is 1.93 bits per heavy atom. The summed E-state index contributed by atoms with van der Waals surface area (Å²) < 4.78 is 34.6. The van der Waals surface area contributed by atoms with Crippen molar-refractivity contribution in [2.45, 2.75) is 25.4 Å². The van der Waals surface area contributed by atoms with Gasteiger partial charge >= 0.3 is 6.09 Å². The molecule has 3 heterocycles. The Kier molecular flexibility index (Phi) is 4.93. The van der Waals surface area contributed by atoms with Gasteiger partial charge in [0.25, 0.3) is 0 Å². The van der Waals surface area contributed by atoms with Gasteiger partial charge < -0.3 is 9.64 Å². The first-order valence-corrected chi connectivity index (χ1v) is 9.16. The molecule has 4 rings (SSSR count). The van der Waals surface area contributed by atoms with Gasteiger partial charge in [-0.25, -0.2) is 13.6 Å². The highest BCUT2D eigenvalue weighted by molar-refractivity contribution is 5.96. The molecule has 1 amide bonds. The summed E-state index contributed by atoms with van der Waals surface area (Å²) in [5, 5.41) is 0. The lowest BCUT2D eigenvalue weighted by molar-refractivity contribution is -0.114. The summed E-state index contributed by atoms with van der Waals surface area (Å²) in [5.41, 5.74) is 0.827. The summed E-state index contributed by atoms with van der Waals surface area (Å²) >= 11 is 0. The standard InChI is InChI=1S/C20H19F2N3O3/c21-18-16(24-10-7-14(26)8-11-24)5-6-17(19(18)22)25-12-15(28-20(25)27)4-3-13-2-1-9-23-13/h1-2,5-7,10,15H,3-4,8-9,11-12H2/t15-/m0/s1. The molecule has 0 N–H and O–H groups in total. The first-order valence-electron chi connectivity index (χ1n) is 9.16. The Morgan fingerprint density at radius 3 is 2.64 bits per heavy atom. The molecule has 1 aromatic carbocycles. The Morgan fingerprint density at radius 1 is 1.14 bits per heavy atom. The van der Waals surface area contributed by atoms with Crippen LogP contribution in [0.2, 0.25) is 0 Å². The number of cyclic esters (lactones) is 1. The van der Waals surface area contributed by atoms with E-state index in [0.717, 1.165) is 10.6 Å². The van der Waals surface area contributed by atoms with Crippen molar-refractivity contribution >= 4 is 29.0 Å². The maximum Gasteiger partial charge on any atom is 0.414 e. The zero-order chi connectivity index (χ0) is 19.7. The van der Waals surface area contributed by atoms with Crippen LogP contribution in [0, 0.1) is 11.6 Å². The minimum atomic E-state index is -1.11. The lowest BCUT2D eigenvalue weighted by atomic mass is 10.1. The van der Waals surface area contributed by atoms with Crippen LogP contribution in [0.4, 0.5) is 25.0 Å². The van der Waals surface area contributed by atoms with Gasteiger partial charge in [-0.15, -0.1) is 0 Å². The van der Waals surface area contributed by atoms with E-state index in [9.17, 15) is 18.4 Å². The molecule has 1 aromatic rings. The highest BCUT2D eigenvalue weighted by Crippen LogP contribution is 2.33. The second-order valence-corrected chi connectivity index (χ2v) is 6.85. The number of anilines is 2. The van der Waals surface area contributed by atoms with E-state index in [1.54, 1.807) is 0 Å². The number of carbonyl (C=O) groups excluding carboxylic acids is 2. The fourth-order valence-corrected chi connectivity index (χ4v) is 3.47. The van der Waals surface area contributed by atoms with Crippen molar-refractivity contribution in [2.75, 3.05) is 29.4 Å². The zero-order valence-corrected chi connectivity index (χ0v) is 15.1. The van der Waals surface area contributed by atoms with E-state index in [1.807, 2.05) is 12.2 Å². The molecule has 0 spiro atoms. The van der Waals surface area contributed by atoms with Crippen molar-refractivity contribution in [1.82, 2.24) is 0 Å². The van der Waals surface area contributed by atoms with E-state index >= 15 is 0 Å². The largest absolute Gasteiger partial charge is 0.444 e. The van der Waals surface area contributed by atoms with Gasteiger partial charge in [0.2, 0.25) is 0 Å². The number of benzene rings is 1. The van der Waals surface area contributed by atoms with E-state index < -0.39 is 23.8 Å². The molecular formula is C20H19F2N3O3. The van der Waals surface area contributed by atoms with Crippen LogP contribution in [0.3, 0.4) is 0 Å². The smallest absolute Gasteiger partial charge is 0.414 e. The van der Waals surface area contributed by atoms with Crippen LogP contribution in [0.15, 0.2) is 41.6 Å². The average Bonchev–Trinajstić information content (AvgIpc) is 3.33. The molecule has 0 aromatic heterocycles. The fraction of sp³-hybridized carbons (Fsp3) is 0.350. The number of aliphatic imine (C=N–C) groups is 1. The third kappa shape index (κ3) is 3.54. The number of ether oxygens (including phenoxy) is 1. The van der Waals surface area contributed by atoms with Gasteiger partial charge in [0, 0.05) is 24.9 Å². The van der Waals surface area contributed by atoms with Gasteiger partial charge in [-0.3, -0.25) is 14.7 Å². The summed E-state index contributed by atoms with van der Waals surface area (Å²) in [6.07, 6.45) is 7.04. The van der Waals surface area contributed by atoms with Crippen molar-refractivity contribution in [1.29, 1.82) is 0 Å². The van der Waals surface area contributed by atoms with Gasteiger partial charge in [0.05, 0.1) is 24.5 Å². The lowest BCUT2D eigenvalue weighted by Gasteiger charge is -2.24. The number of hydrogen-bond acceptors (Lipinski definition) is 5. The van der Waals surface area contributed by atoms with Crippen molar-refractivity contribution in [3.05, 3.63) is 48.2 Å². The molecule has 1 atom stereocenters. The molecule has 1 fully saturated rings. The summed E-state index contributed by atoms with van der Waals surface area (Å²) in [7, 11) is 0. The van der Waals surface area contributed by atoms with Crippen molar-refractivity contribution < 1.29 is 23.1 Å². The monoisotopic (exact) mass is 387 g/mol. The minimum absolute atomic E-state index is 0.0279. The first-order chi connectivity index (χ1) is 13.5. The van der Waals surface area contributed by atoms with E-state index in [2.05, 4.69) is 4.99 Å². The van der Waals surface area contributed by atoms with Crippen LogP contribution in [0.25, 0.3) is 0 Å². The second kappa shape index (κ2) is 7.53. The third-order valence-electron chi connectivity index (χ3n) is 4.99. The lowest BCUT2D eigenvalue weighted by Crippen LogP contribution is -2.28. The quantitative estimate of drug-likeness (QED) is 0.777. The molecule has 6 nitrogen and oxygen atoms in total. The summed E-state index contributed by atoms with van der Waals surface area (Å²) in [5.74, 6) is -2.22. The van der Waals surface area contributed by atoms with Crippen LogP contribution in [0.1, 0.15) is 19.3 Å². The zero-order valence-electron chi connectivity index (χ0n) is 15.1. The van der Waals surface area contributed by atoms with Gasteiger partial charge in [0.15, 0.2) is 17.4 Å². The number of hydrogen-bond donors (Lipinski definition) is 0. The topological polar surface area (TPSA) is 62.2 Å².